The molecule has 0 saturated heterocycles. The Morgan fingerprint density at radius 3 is 2.89 bits per heavy atom. The molecule has 0 saturated carbocycles. The Hall–Kier alpha value is -2.14. The van der Waals surface area contributed by atoms with Crippen molar-refractivity contribution in [2.24, 2.45) is 0 Å². The topological polar surface area (TPSA) is 64.0 Å². The second kappa shape index (κ2) is 5.67. The van der Waals surface area contributed by atoms with Gasteiger partial charge in [-0.3, -0.25) is 9.59 Å². The summed E-state index contributed by atoms with van der Waals surface area (Å²) < 4.78 is 1.21. The lowest BCUT2D eigenvalue weighted by Crippen LogP contribution is -2.28. The van der Waals surface area contributed by atoms with Crippen molar-refractivity contribution in [3.8, 4) is 0 Å². The Morgan fingerprint density at radius 2 is 2.16 bits per heavy atom. The van der Waals surface area contributed by atoms with Gasteiger partial charge in [-0.2, -0.15) is 0 Å². The van der Waals surface area contributed by atoms with Crippen molar-refractivity contribution < 1.29 is 4.79 Å². The molecule has 0 aliphatic heterocycles. The summed E-state index contributed by atoms with van der Waals surface area (Å²) in [7, 11) is 0. The van der Waals surface area contributed by atoms with Gasteiger partial charge in [0.05, 0.1) is 0 Å². The number of para-hydroxylation sites is 1. The molecule has 5 nitrogen and oxygen atoms in total. The van der Waals surface area contributed by atoms with Crippen LogP contribution in [0, 0.1) is 6.92 Å². The van der Waals surface area contributed by atoms with E-state index in [1.807, 2.05) is 25.1 Å². The summed E-state index contributed by atoms with van der Waals surface area (Å²) >= 11 is 5.61. The predicted molar refractivity (Wildman–Crippen MR) is 73.3 cm³/mol. The standard InChI is InChI=1S/C13H12ClN3O2/c1-9-4-2-3-5-10(9)16-11(18)8-17-7-6-15-12(14)13(17)19/h2-7H,8H2,1H3,(H,16,18). The van der Waals surface area contributed by atoms with Gasteiger partial charge < -0.3 is 9.88 Å². The quantitative estimate of drug-likeness (QED) is 0.931. The molecule has 1 heterocycles. The molecule has 2 rings (SSSR count). The number of nitrogens with one attached hydrogen (secondary N) is 1. The van der Waals surface area contributed by atoms with Crippen LogP contribution in [0.5, 0.6) is 0 Å². The molecule has 1 aromatic heterocycles. The molecule has 2 aromatic rings. The number of aromatic nitrogens is 2. The molecular weight excluding hydrogens is 266 g/mol. The number of halogens is 1. The Bertz CT molecular complexity index is 667. The number of hydrogen-bond donors (Lipinski definition) is 1. The average molecular weight is 278 g/mol. The molecule has 0 radical (unpaired) electrons. The minimum Gasteiger partial charge on any atom is -0.324 e. The van der Waals surface area contributed by atoms with Gasteiger partial charge in [0.2, 0.25) is 5.91 Å². The van der Waals surface area contributed by atoms with Gasteiger partial charge >= 0.3 is 0 Å². The summed E-state index contributed by atoms with van der Waals surface area (Å²) in [5.74, 6) is -0.293. The molecule has 19 heavy (non-hydrogen) atoms. The second-order valence-electron chi connectivity index (χ2n) is 4.01. The lowest BCUT2D eigenvalue weighted by Gasteiger charge is -2.09. The molecule has 0 aliphatic carbocycles. The average Bonchev–Trinajstić information content (AvgIpc) is 2.38. The molecule has 1 aromatic carbocycles. The highest BCUT2D eigenvalue weighted by Crippen LogP contribution is 2.12. The molecule has 0 fully saturated rings. The summed E-state index contributed by atoms with van der Waals surface area (Å²) in [6, 6.07) is 7.41. The summed E-state index contributed by atoms with van der Waals surface area (Å²) in [4.78, 5) is 27.1. The fourth-order valence-electron chi connectivity index (χ4n) is 1.60. The molecule has 6 heteroatoms. The van der Waals surface area contributed by atoms with E-state index in [1.54, 1.807) is 6.07 Å². The van der Waals surface area contributed by atoms with Crippen molar-refractivity contribution in [2.45, 2.75) is 13.5 Å². The minimum absolute atomic E-state index is 0.102. The molecule has 1 amide bonds. The third kappa shape index (κ3) is 3.20. The van der Waals surface area contributed by atoms with E-state index < -0.39 is 5.56 Å². The van der Waals surface area contributed by atoms with E-state index >= 15 is 0 Å². The van der Waals surface area contributed by atoms with Gasteiger partial charge in [-0.05, 0) is 18.6 Å². The van der Waals surface area contributed by atoms with Crippen LogP contribution in [0.25, 0.3) is 0 Å². The van der Waals surface area contributed by atoms with E-state index in [1.165, 1.54) is 17.0 Å². The van der Waals surface area contributed by atoms with Crippen LogP contribution >= 0.6 is 11.6 Å². The zero-order valence-electron chi connectivity index (χ0n) is 10.3. The van der Waals surface area contributed by atoms with Crippen LogP contribution in [-0.4, -0.2) is 15.5 Å². The van der Waals surface area contributed by atoms with Crippen LogP contribution in [0.4, 0.5) is 5.69 Å². The monoisotopic (exact) mass is 277 g/mol. The summed E-state index contributed by atoms with van der Waals surface area (Å²) in [6.45, 7) is 1.79. The summed E-state index contributed by atoms with van der Waals surface area (Å²) in [6.07, 6.45) is 2.80. The first-order valence-corrected chi connectivity index (χ1v) is 6.02. The zero-order chi connectivity index (χ0) is 13.8. The molecule has 0 bridgehead atoms. The maximum atomic E-state index is 11.9. The molecule has 98 valence electrons. The largest absolute Gasteiger partial charge is 0.324 e. The maximum absolute atomic E-state index is 11.9. The van der Waals surface area contributed by atoms with Gasteiger partial charge in [0.15, 0.2) is 5.15 Å². The highest BCUT2D eigenvalue weighted by atomic mass is 35.5. The normalized spacial score (nSPS) is 10.2. The number of hydrogen-bond acceptors (Lipinski definition) is 3. The fraction of sp³-hybridized carbons (Fsp3) is 0.154. The summed E-state index contributed by atoms with van der Waals surface area (Å²) in [5, 5.41) is 2.60. The van der Waals surface area contributed by atoms with Gasteiger partial charge in [0, 0.05) is 18.1 Å². The number of aryl methyl sites for hydroxylation is 1. The van der Waals surface area contributed by atoms with Crippen LogP contribution in [-0.2, 0) is 11.3 Å². The number of rotatable bonds is 3. The van der Waals surface area contributed by atoms with Gasteiger partial charge in [-0.15, -0.1) is 0 Å². The van der Waals surface area contributed by atoms with E-state index in [0.717, 1.165) is 11.3 Å². The highest BCUT2D eigenvalue weighted by molar-refractivity contribution is 6.29. The van der Waals surface area contributed by atoms with E-state index in [9.17, 15) is 9.59 Å². The van der Waals surface area contributed by atoms with Crippen molar-refractivity contribution in [3.05, 3.63) is 57.7 Å². The Kier molecular flexibility index (Phi) is 3.97. The lowest BCUT2D eigenvalue weighted by atomic mass is 10.2. The smallest absolute Gasteiger partial charge is 0.288 e. The zero-order valence-corrected chi connectivity index (χ0v) is 11.0. The molecule has 0 unspecified atom stereocenters. The number of anilines is 1. The van der Waals surface area contributed by atoms with Crippen LogP contribution in [0.1, 0.15) is 5.56 Å². The van der Waals surface area contributed by atoms with Crippen LogP contribution in [0.2, 0.25) is 5.15 Å². The lowest BCUT2D eigenvalue weighted by molar-refractivity contribution is -0.116. The highest BCUT2D eigenvalue weighted by Gasteiger charge is 2.08. The van der Waals surface area contributed by atoms with E-state index in [-0.39, 0.29) is 17.6 Å². The maximum Gasteiger partial charge on any atom is 0.288 e. The first-order chi connectivity index (χ1) is 9.08. The Labute approximate surface area is 114 Å². The number of benzene rings is 1. The van der Waals surface area contributed by atoms with Crippen molar-refractivity contribution in [3.63, 3.8) is 0 Å². The van der Waals surface area contributed by atoms with Crippen LogP contribution in [0.3, 0.4) is 0 Å². The van der Waals surface area contributed by atoms with Gasteiger partial charge in [0.1, 0.15) is 6.54 Å². The molecular formula is C13H12ClN3O2. The number of carbonyl (C=O) groups excluding carboxylic acids is 1. The van der Waals surface area contributed by atoms with Crippen molar-refractivity contribution in [1.29, 1.82) is 0 Å². The number of carbonyl (C=O) groups is 1. The Balaban J connectivity index is 2.12. The van der Waals surface area contributed by atoms with Crippen molar-refractivity contribution in [1.82, 2.24) is 9.55 Å². The number of nitrogens with zero attached hydrogens (tertiary/aromatic N) is 2. The minimum atomic E-state index is -0.482. The summed E-state index contributed by atoms with van der Waals surface area (Å²) in [5.41, 5.74) is 1.20. The molecule has 0 aliphatic rings. The molecule has 0 spiro atoms. The third-order valence-electron chi connectivity index (χ3n) is 2.60. The van der Waals surface area contributed by atoms with Gasteiger partial charge in [-0.25, -0.2) is 4.98 Å². The van der Waals surface area contributed by atoms with Gasteiger partial charge in [-0.1, -0.05) is 29.8 Å². The Morgan fingerprint density at radius 1 is 1.42 bits per heavy atom. The number of amides is 1. The van der Waals surface area contributed by atoms with Gasteiger partial charge in [0.25, 0.3) is 5.56 Å². The third-order valence-corrected chi connectivity index (χ3v) is 2.86. The SMILES string of the molecule is Cc1ccccc1NC(=O)Cn1ccnc(Cl)c1=O. The first kappa shape index (κ1) is 13.3. The van der Waals surface area contributed by atoms with Crippen molar-refractivity contribution >= 4 is 23.2 Å². The first-order valence-electron chi connectivity index (χ1n) is 5.64. The molecule has 0 atom stereocenters. The second-order valence-corrected chi connectivity index (χ2v) is 4.37. The van der Waals surface area contributed by atoms with E-state index in [2.05, 4.69) is 10.3 Å². The van der Waals surface area contributed by atoms with Crippen molar-refractivity contribution in [2.75, 3.05) is 5.32 Å². The van der Waals surface area contributed by atoms with E-state index in [0.29, 0.717) is 0 Å². The van der Waals surface area contributed by atoms with E-state index in [4.69, 9.17) is 11.6 Å². The van der Waals surface area contributed by atoms with Crippen LogP contribution < -0.4 is 10.9 Å². The fourth-order valence-corrected chi connectivity index (χ4v) is 1.77. The van der Waals surface area contributed by atoms with Crippen LogP contribution in [0.15, 0.2) is 41.5 Å². The molecule has 1 N–H and O–H groups in total. The predicted octanol–water partition coefficient (Wildman–Crippen LogP) is 1.84.